The van der Waals surface area contributed by atoms with Crippen LogP contribution in [-0.2, 0) is 0 Å². The van der Waals surface area contributed by atoms with E-state index in [1.807, 2.05) is 0 Å². The molecule has 1 aromatic heterocycles. The molecule has 1 heterocycles. The second kappa shape index (κ2) is 4.36. The summed E-state index contributed by atoms with van der Waals surface area (Å²) in [5, 5.41) is 0.583. The van der Waals surface area contributed by atoms with Gasteiger partial charge in [-0.25, -0.2) is 0 Å². The van der Waals surface area contributed by atoms with Crippen LogP contribution in [0.2, 0.25) is 10.0 Å². The molecular formula is C11H5Cl2F2N. The lowest BCUT2D eigenvalue weighted by Crippen LogP contribution is -1.93. The summed E-state index contributed by atoms with van der Waals surface area (Å²) in [5.41, 5.74) is 0.396. The summed E-state index contributed by atoms with van der Waals surface area (Å²) < 4.78 is 26.1. The predicted molar refractivity (Wildman–Crippen MR) is 59.6 cm³/mol. The Morgan fingerprint density at radius 3 is 2.12 bits per heavy atom. The first kappa shape index (κ1) is 11.3. The highest BCUT2D eigenvalue weighted by Crippen LogP contribution is 2.35. The van der Waals surface area contributed by atoms with E-state index in [9.17, 15) is 8.78 Å². The molecule has 0 aliphatic heterocycles. The number of rotatable bonds is 1. The van der Waals surface area contributed by atoms with Gasteiger partial charge in [-0.2, -0.15) is 13.8 Å². The Bertz CT molecular complexity index is 523. The molecule has 0 atom stereocenters. The summed E-state index contributed by atoms with van der Waals surface area (Å²) in [6.07, 6.45) is 0. The second-order valence-corrected chi connectivity index (χ2v) is 3.88. The summed E-state index contributed by atoms with van der Waals surface area (Å²) in [7, 11) is 0. The molecule has 82 valence electrons. The maximum atomic E-state index is 13.4. The third-order valence-electron chi connectivity index (χ3n) is 2.05. The fraction of sp³-hybridized carbons (Fsp3) is 0. The van der Waals surface area contributed by atoms with E-state index >= 15 is 0 Å². The molecule has 0 bridgehead atoms. The largest absolute Gasteiger partial charge is 0.223 e. The first-order chi connectivity index (χ1) is 7.59. The quantitative estimate of drug-likeness (QED) is 0.695. The highest BCUT2D eigenvalue weighted by molar-refractivity contribution is 6.39. The van der Waals surface area contributed by atoms with Crippen molar-refractivity contribution in [2.45, 2.75) is 0 Å². The van der Waals surface area contributed by atoms with Gasteiger partial charge in [-0.3, -0.25) is 0 Å². The van der Waals surface area contributed by atoms with Crippen LogP contribution in [0.25, 0.3) is 11.1 Å². The van der Waals surface area contributed by atoms with Crippen LogP contribution in [0.1, 0.15) is 0 Å². The van der Waals surface area contributed by atoms with Crippen molar-refractivity contribution in [3.63, 3.8) is 0 Å². The Kier molecular flexibility index (Phi) is 3.08. The van der Waals surface area contributed by atoms with Crippen molar-refractivity contribution in [1.82, 2.24) is 4.98 Å². The van der Waals surface area contributed by atoms with Crippen molar-refractivity contribution in [2.24, 2.45) is 0 Å². The van der Waals surface area contributed by atoms with E-state index in [1.54, 1.807) is 18.2 Å². The number of pyridine rings is 1. The standard InChI is InChI=1S/C11H5Cl2F2N/c12-7-2-1-3-8(13)10(7)6-4-5-9(14)16-11(6)15/h1-5H. The molecule has 2 rings (SSSR count). The van der Waals surface area contributed by atoms with Crippen molar-refractivity contribution in [3.8, 4) is 11.1 Å². The molecule has 5 heteroatoms. The minimum Gasteiger partial charge on any atom is -0.190 e. The van der Waals surface area contributed by atoms with E-state index in [0.717, 1.165) is 6.07 Å². The molecule has 0 N–H and O–H groups in total. The van der Waals surface area contributed by atoms with Crippen LogP contribution in [0, 0.1) is 11.9 Å². The highest BCUT2D eigenvalue weighted by atomic mass is 35.5. The zero-order chi connectivity index (χ0) is 11.7. The average molecular weight is 260 g/mol. The van der Waals surface area contributed by atoms with Gasteiger partial charge in [0.2, 0.25) is 11.9 Å². The Balaban J connectivity index is 2.68. The van der Waals surface area contributed by atoms with Gasteiger partial charge in [-0.15, -0.1) is 0 Å². The van der Waals surface area contributed by atoms with E-state index < -0.39 is 11.9 Å². The summed E-state index contributed by atoms with van der Waals surface area (Å²) in [4.78, 5) is 3.08. The molecule has 0 aliphatic rings. The van der Waals surface area contributed by atoms with Gasteiger partial charge in [-0.05, 0) is 24.3 Å². The van der Waals surface area contributed by atoms with E-state index in [2.05, 4.69) is 4.98 Å². The van der Waals surface area contributed by atoms with Gasteiger partial charge < -0.3 is 0 Å². The highest BCUT2D eigenvalue weighted by Gasteiger charge is 2.14. The van der Waals surface area contributed by atoms with Crippen LogP contribution in [0.15, 0.2) is 30.3 Å². The third-order valence-corrected chi connectivity index (χ3v) is 2.68. The molecule has 1 nitrogen and oxygen atoms in total. The number of aromatic nitrogens is 1. The predicted octanol–water partition coefficient (Wildman–Crippen LogP) is 4.33. The van der Waals surface area contributed by atoms with Crippen LogP contribution in [-0.4, -0.2) is 4.98 Å². The topological polar surface area (TPSA) is 12.9 Å². The Morgan fingerprint density at radius 1 is 0.938 bits per heavy atom. The second-order valence-electron chi connectivity index (χ2n) is 3.07. The summed E-state index contributed by atoms with van der Waals surface area (Å²) >= 11 is 11.8. The average Bonchev–Trinajstić information content (AvgIpc) is 2.20. The molecule has 0 radical (unpaired) electrons. The first-order valence-corrected chi connectivity index (χ1v) is 5.11. The van der Waals surface area contributed by atoms with E-state index in [0.29, 0.717) is 15.6 Å². The maximum absolute atomic E-state index is 13.4. The lowest BCUT2D eigenvalue weighted by atomic mass is 10.1. The lowest BCUT2D eigenvalue weighted by Gasteiger charge is -2.07. The van der Waals surface area contributed by atoms with Crippen LogP contribution in [0.5, 0.6) is 0 Å². The van der Waals surface area contributed by atoms with Crippen LogP contribution >= 0.6 is 23.2 Å². The van der Waals surface area contributed by atoms with Gasteiger partial charge in [0.1, 0.15) is 0 Å². The molecule has 0 unspecified atom stereocenters. The molecule has 0 fully saturated rings. The summed E-state index contributed by atoms with van der Waals surface area (Å²) in [5.74, 6) is -1.82. The normalized spacial score (nSPS) is 10.5. The van der Waals surface area contributed by atoms with Crippen LogP contribution in [0.4, 0.5) is 8.78 Å². The molecule has 0 amide bonds. The molecule has 0 spiro atoms. The molecule has 0 saturated heterocycles. The smallest absolute Gasteiger partial charge is 0.190 e. The van der Waals surface area contributed by atoms with Crippen molar-refractivity contribution in [2.75, 3.05) is 0 Å². The lowest BCUT2D eigenvalue weighted by molar-refractivity contribution is 0.515. The van der Waals surface area contributed by atoms with Crippen LogP contribution < -0.4 is 0 Å². The number of halogens is 4. The maximum Gasteiger partial charge on any atom is 0.223 e. The van der Waals surface area contributed by atoms with Crippen molar-refractivity contribution in [3.05, 3.63) is 52.3 Å². The fourth-order valence-electron chi connectivity index (χ4n) is 1.35. The van der Waals surface area contributed by atoms with Gasteiger partial charge in [-0.1, -0.05) is 29.3 Å². The van der Waals surface area contributed by atoms with Crippen molar-refractivity contribution >= 4 is 23.2 Å². The fourth-order valence-corrected chi connectivity index (χ4v) is 1.95. The number of nitrogens with zero attached hydrogens (tertiary/aromatic N) is 1. The Morgan fingerprint density at radius 2 is 1.56 bits per heavy atom. The van der Waals surface area contributed by atoms with Gasteiger partial charge in [0.15, 0.2) is 0 Å². The van der Waals surface area contributed by atoms with Gasteiger partial charge in [0, 0.05) is 11.1 Å². The third kappa shape index (κ3) is 2.01. The van der Waals surface area contributed by atoms with Gasteiger partial charge in [0.25, 0.3) is 0 Å². The first-order valence-electron chi connectivity index (χ1n) is 4.36. The van der Waals surface area contributed by atoms with E-state index in [1.165, 1.54) is 6.07 Å². The Hall–Kier alpha value is -1.19. The molecule has 0 saturated carbocycles. The molecule has 16 heavy (non-hydrogen) atoms. The molecule has 1 aromatic carbocycles. The summed E-state index contributed by atoms with van der Waals surface area (Å²) in [6, 6.07) is 7.10. The monoisotopic (exact) mass is 259 g/mol. The SMILES string of the molecule is Fc1ccc(-c2c(Cl)cccc2Cl)c(F)n1. The minimum absolute atomic E-state index is 0.0806. The van der Waals surface area contributed by atoms with Crippen molar-refractivity contribution < 1.29 is 8.78 Å². The number of hydrogen-bond acceptors (Lipinski definition) is 1. The summed E-state index contributed by atoms with van der Waals surface area (Å²) in [6.45, 7) is 0. The number of hydrogen-bond donors (Lipinski definition) is 0. The zero-order valence-electron chi connectivity index (χ0n) is 7.85. The zero-order valence-corrected chi connectivity index (χ0v) is 9.36. The number of benzene rings is 1. The van der Waals surface area contributed by atoms with Gasteiger partial charge in [0.05, 0.1) is 10.0 Å². The van der Waals surface area contributed by atoms with Gasteiger partial charge >= 0.3 is 0 Å². The molecular weight excluding hydrogens is 255 g/mol. The molecule has 2 aromatic rings. The van der Waals surface area contributed by atoms with Crippen molar-refractivity contribution in [1.29, 1.82) is 0 Å². The van der Waals surface area contributed by atoms with E-state index in [-0.39, 0.29) is 5.56 Å². The Labute approximate surface area is 101 Å². The van der Waals surface area contributed by atoms with Crippen LogP contribution in [0.3, 0.4) is 0 Å². The minimum atomic E-state index is -0.935. The van der Waals surface area contributed by atoms with E-state index in [4.69, 9.17) is 23.2 Å². The molecule has 0 aliphatic carbocycles.